The van der Waals surface area contributed by atoms with Gasteiger partial charge in [0.25, 0.3) is 11.8 Å². The number of likely N-dealkylation sites (N-methyl/N-ethyl adjacent to an activating group) is 1. The number of rotatable bonds is 3. The van der Waals surface area contributed by atoms with E-state index in [4.69, 9.17) is 14.9 Å². The Kier molecular flexibility index (Phi) is 4.54. The van der Waals surface area contributed by atoms with Crippen molar-refractivity contribution in [2.45, 2.75) is 12.1 Å². The van der Waals surface area contributed by atoms with E-state index in [1.165, 1.54) is 6.39 Å². The van der Waals surface area contributed by atoms with Gasteiger partial charge in [0.2, 0.25) is 0 Å². The van der Waals surface area contributed by atoms with E-state index in [2.05, 4.69) is 10.3 Å². The van der Waals surface area contributed by atoms with Crippen LogP contribution in [-0.2, 0) is 0 Å². The van der Waals surface area contributed by atoms with Gasteiger partial charge in [-0.1, -0.05) is 6.07 Å². The Hall–Kier alpha value is -4.01. The normalized spacial score (nSPS) is 19.8. The standard InChI is InChI=1S/C23H23N5O4/c1-27-22(30)16-9-17(20-11-25-13-32-20)19(31-2)10-18(16)26-23(27)6-7-28(12-23)21(29)14-4-3-5-15(24)8-14/h3-5,8-11,13,26H,6-7,12,24H2,1-2H3. The molecule has 9 nitrogen and oxygen atoms in total. The number of carbonyl (C=O) groups excluding carboxylic acids is 2. The molecule has 5 rings (SSSR count). The lowest BCUT2D eigenvalue weighted by Gasteiger charge is -2.44. The summed E-state index contributed by atoms with van der Waals surface area (Å²) < 4.78 is 11.0. The number of methoxy groups -OCH3 is 1. The molecule has 2 aliphatic rings. The molecule has 1 fully saturated rings. The smallest absolute Gasteiger partial charge is 0.257 e. The maximum atomic E-state index is 13.4. The first kappa shape index (κ1) is 19.9. The average Bonchev–Trinajstić information content (AvgIpc) is 3.48. The largest absolute Gasteiger partial charge is 0.496 e. The molecule has 0 saturated carbocycles. The Morgan fingerprint density at radius 3 is 2.84 bits per heavy atom. The number of aromatic nitrogens is 1. The predicted molar refractivity (Wildman–Crippen MR) is 118 cm³/mol. The molecular formula is C23H23N5O4. The Balaban J connectivity index is 1.47. The summed E-state index contributed by atoms with van der Waals surface area (Å²) >= 11 is 0. The van der Waals surface area contributed by atoms with Gasteiger partial charge in [0.1, 0.15) is 11.4 Å². The van der Waals surface area contributed by atoms with Crippen molar-refractivity contribution < 1.29 is 18.7 Å². The Morgan fingerprint density at radius 1 is 1.28 bits per heavy atom. The lowest BCUT2D eigenvalue weighted by atomic mass is 9.96. The van der Waals surface area contributed by atoms with Crippen molar-refractivity contribution in [3.8, 4) is 17.1 Å². The molecule has 0 bridgehead atoms. The van der Waals surface area contributed by atoms with E-state index in [0.717, 1.165) is 0 Å². The molecule has 164 valence electrons. The summed E-state index contributed by atoms with van der Waals surface area (Å²) in [5.74, 6) is 0.827. The zero-order valence-corrected chi connectivity index (χ0v) is 17.8. The summed E-state index contributed by atoms with van der Waals surface area (Å²) in [6.07, 6.45) is 3.50. The van der Waals surface area contributed by atoms with Crippen LogP contribution in [0.4, 0.5) is 11.4 Å². The van der Waals surface area contributed by atoms with Gasteiger partial charge < -0.3 is 30.0 Å². The molecule has 0 radical (unpaired) electrons. The van der Waals surface area contributed by atoms with Gasteiger partial charge in [-0.2, -0.15) is 0 Å². The van der Waals surface area contributed by atoms with Gasteiger partial charge >= 0.3 is 0 Å². The van der Waals surface area contributed by atoms with Gasteiger partial charge in [-0.3, -0.25) is 9.59 Å². The summed E-state index contributed by atoms with van der Waals surface area (Å²) in [6.45, 7) is 0.870. The number of nitrogens with two attached hydrogens (primary N) is 1. The van der Waals surface area contributed by atoms with E-state index in [0.29, 0.717) is 59.1 Å². The number of ether oxygens (including phenoxy) is 1. The van der Waals surface area contributed by atoms with E-state index in [-0.39, 0.29) is 11.8 Å². The van der Waals surface area contributed by atoms with Gasteiger partial charge in [0.05, 0.1) is 36.7 Å². The first-order valence-electron chi connectivity index (χ1n) is 10.2. The molecule has 2 aliphatic heterocycles. The quantitative estimate of drug-likeness (QED) is 0.611. The van der Waals surface area contributed by atoms with E-state index < -0.39 is 5.66 Å². The van der Waals surface area contributed by atoms with E-state index >= 15 is 0 Å². The summed E-state index contributed by atoms with van der Waals surface area (Å²) in [5.41, 5.74) is 8.01. The highest BCUT2D eigenvalue weighted by Gasteiger charge is 2.49. The fraction of sp³-hybridized carbons (Fsp3) is 0.261. The molecule has 2 aromatic carbocycles. The first-order valence-corrected chi connectivity index (χ1v) is 10.2. The zero-order chi connectivity index (χ0) is 22.5. The lowest BCUT2D eigenvalue weighted by Crippen LogP contribution is -2.60. The number of oxazole rings is 1. The third-order valence-electron chi connectivity index (χ3n) is 6.25. The number of likely N-dealkylation sites (tertiary alicyclic amines) is 1. The molecule has 3 N–H and O–H groups in total. The average molecular weight is 433 g/mol. The zero-order valence-electron chi connectivity index (χ0n) is 17.8. The molecular weight excluding hydrogens is 410 g/mol. The number of benzene rings is 2. The minimum absolute atomic E-state index is 0.110. The number of amides is 2. The van der Waals surface area contributed by atoms with Crippen LogP contribution in [0.3, 0.4) is 0 Å². The highest BCUT2D eigenvalue weighted by atomic mass is 16.5. The predicted octanol–water partition coefficient (Wildman–Crippen LogP) is 2.67. The fourth-order valence-corrected chi connectivity index (χ4v) is 4.48. The molecule has 32 heavy (non-hydrogen) atoms. The van der Waals surface area contributed by atoms with Crippen molar-refractivity contribution in [2.24, 2.45) is 0 Å². The highest BCUT2D eigenvalue weighted by Crippen LogP contribution is 2.42. The summed E-state index contributed by atoms with van der Waals surface area (Å²) in [5, 5.41) is 3.51. The second-order valence-corrected chi connectivity index (χ2v) is 8.09. The second-order valence-electron chi connectivity index (χ2n) is 8.09. The molecule has 1 aromatic heterocycles. The van der Waals surface area contributed by atoms with Crippen LogP contribution in [0.5, 0.6) is 5.75 Å². The van der Waals surface area contributed by atoms with Crippen LogP contribution >= 0.6 is 0 Å². The highest BCUT2D eigenvalue weighted by molar-refractivity contribution is 6.04. The minimum Gasteiger partial charge on any atom is -0.496 e. The monoisotopic (exact) mass is 433 g/mol. The number of nitrogens with one attached hydrogen (secondary N) is 1. The second kappa shape index (κ2) is 7.30. The number of fused-ring (bicyclic) bond motifs is 1. The van der Waals surface area contributed by atoms with Crippen LogP contribution in [-0.4, -0.2) is 59.5 Å². The van der Waals surface area contributed by atoms with Crippen LogP contribution in [0, 0.1) is 0 Å². The molecule has 1 saturated heterocycles. The number of hydrogen-bond acceptors (Lipinski definition) is 7. The number of nitrogen functional groups attached to an aromatic ring is 1. The first-order chi connectivity index (χ1) is 15.4. The molecule has 1 unspecified atom stereocenters. The number of hydrogen-bond donors (Lipinski definition) is 2. The van der Waals surface area contributed by atoms with Crippen LogP contribution in [0.25, 0.3) is 11.3 Å². The third-order valence-corrected chi connectivity index (χ3v) is 6.25. The third kappa shape index (κ3) is 3.05. The van der Waals surface area contributed by atoms with Crippen molar-refractivity contribution in [3.63, 3.8) is 0 Å². The topological polar surface area (TPSA) is 114 Å². The van der Waals surface area contributed by atoms with Gasteiger partial charge in [-0.05, 0) is 24.3 Å². The maximum Gasteiger partial charge on any atom is 0.257 e. The van der Waals surface area contributed by atoms with Gasteiger partial charge in [-0.25, -0.2) is 4.98 Å². The van der Waals surface area contributed by atoms with Gasteiger partial charge in [0.15, 0.2) is 12.2 Å². The van der Waals surface area contributed by atoms with Crippen molar-refractivity contribution in [2.75, 3.05) is 38.3 Å². The molecule has 2 amide bonds. The Morgan fingerprint density at radius 2 is 2.12 bits per heavy atom. The van der Waals surface area contributed by atoms with Crippen LogP contribution in [0.2, 0.25) is 0 Å². The number of carbonyl (C=O) groups is 2. The van der Waals surface area contributed by atoms with Crippen LogP contribution in [0.15, 0.2) is 53.4 Å². The fourth-order valence-electron chi connectivity index (χ4n) is 4.48. The van der Waals surface area contributed by atoms with Crippen molar-refractivity contribution >= 4 is 23.2 Å². The molecule has 3 heterocycles. The lowest BCUT2D eigenvalue weighted by molar-refractivity contribution is 0.0576. The molecule has 3 aromatic rings. The van der Waals surface area contributed by atoms with E-state index in [9.17, 15) is 9.59 Å². The maximum absolute atomic E-state index is 13.4. The van der Waals surface area contributed by atoms with Crippen molar-refractivity contribution in [1.82, 2.24) is 14.8 Å². The van der Waals surface area contributed by atoms with Crippen molar-refractivity contribution in [1.29, 1.82) is 0 Å². The summed E-state index contributed by atoms with van der Waals surface area (Å²) in [4.78, 5) is 33.8. The summed E-state index contributed by atoms with van der Waals surface area (Å²) in [7, 11) is 3.32. The molecule has 0 aliphatic carbocycles. The molecule has 1 atom stereocenters. The SMILES string of the molecule is COc1cc2c(cc1-c1cnco1)C(=O)N(C)C1(CCN(C(=O)c3cccc(N)c3)C1)N2. The Labute approximate surface area is 184 Å². The number of anilines is 2. The molecule has 9 heteroatoms. The van der Waals surface area contributed by atoms with Crippen LogP contribution < -0.4 is 15.8 Å². The van der Waals surface area contributed by atoms with Gasteiger partial charge in [-0.15, -0.1) is 0 Å². The number of nitrogens with zero attached hydrogens (tertiary/aromatic N) is 3. The van der Waals surface area contributed by atoms with E-state index in [1.807, 2.05) is 0 Å². The molecule has 1 spiro atoms. The summed E-state index contributed by atoms with van der Waals surface area (Å²) in [6, 6.07) is 10.5. The van der Waals surface area contributed by atoms with E-state index in [1.54, 1.807) is 66.6 Å². The van der Waals surface area contributed by atoms with Crippen molar-refractivity contribution in [3.05, 3.63) is 60.1 Å². The van der Waals surface area contributed by atoms with Crippen LogP contribution in [0.1, 0.15) is 27.1 Å². The van der Waals surface area contributed by atoms with Gasteiger partial charge in [0, 0.05) is 37.3 Å². The minimum atomic E-state index is -0.709. The Bertz CT molecular complexity index is 1210.